The molecule has 0 spiro atoms. The molecule has 1 aromatic carbocycles. The summed E-state index contributed by atoms with van der Waals surface area (Å²) in [5.41, 5.74) is 7.04. The van der Waals surface area contributed by atoms with Crippen LogP contribution in [0.25, 0.3) is 0 Å². The van der Waals surface area contributed by atoms with E-state index in [2.05, 4.69) is 26.1 Å². The van der Waals surface area contributed by atoms with Crippen LogP contribution in [0.15, 0.2) is 27.2 Å². The van der Waals surface area contributed by atoms with Gasteiger partial charge in [0, 0.05) is 16.0 Å². The predicted octanol–water partition coefficient (Wildman–Crippen LogP) is 2.77. The number of rotatable bonds is 4. The van der Waals surface area contributed by atoms with Gasteiger partial charge in [-0.3, -0.25) is 0 Å². The van der Waals surface area contributed by atoms with Crippen LogP contribution in [0.1, 0.15) is 42.1 Å². The van der Waals surface area contributed by atoms with E-state index in [4.69, 9.17) is 15.0 Å². The van der Waals surface area contributed by atoms with E-state index in [1.165, 1.54) is 0 Å². The Balaban J connectivity index is 1.93. The maximum Gasteiger partial charge on any atom is 0.229 e. The molecule has 0 radical (unpaired) electrons. The fourth-order valence-corrected chi connectivity index (χ4v) is 2.34. The topological polar surface area (TPSA) is 74.2 Å². The molecule has 1 fully saturated rings. The molecule has 1 heterocycles. The number of nitrogens with two attached hydrogens (primary N) is 1. The number of ether oxygens (including phenoxy) is 1. The molecule has 1 aliphatic rings. The molecule has 1 saturated carbocycles. The van der Waals surface area contributed by atoms with Crippen molar-refractivity contribution in [3.63, 3.8) is 0 Å². The lowest BCUT2D eigenvalue weighted by Gasteiger charge is -2.12. The van der Waals surface area contributed by atoms with Gasteiger partial charge in [-0.15, -0.1) is 0 Å². The van der Waals surface area contributed by atoms with Gasteiger partial charge in [0.05, 0.1) is 13.2 Å². The van der Waals surface area contributed by atoms with Crippen LogP contribution in [0.4, 0.5) is 0 Å². The highest BCUT2D eigenvalue weighted by Crippen LogP contribution is 2.39. The Hall–Kier alpha value is -1.40. The second-order valence-corrected chi connectivity index (χ2v) is 5.54. The van der Waals surface area contributed by atoms with E-state index in [1.54, 1.807) is 7.11 Å². The Bertz CT molecular complexity index is 595. The summed E-state index contributed by atoms with van der Waals surface area (Å²) in [6.07, 6.45) is 2.24. The van der Waals surface area contributed by atoms with Gasteiger partial charge in [-0.05, 0) is 31.0 Å². The highest BCUT2D eigenvalue weighted by molar-refractivity contribution is 9.10. The molecule has 2 aromatic rings. The van der Waals surface area contributed by atoms with Crippen molar-refractivity contribution in [1.29, 1.82) is 0 Å². The normalized spacial score (nSPS) is 16.4. The average Bonchev–Trinajstić information content (AvgIpc) is 3.16. The van der Waals surface area contributed by atoms with Gasteiger partial charge in [-0.25, -0.2) is 0 Å². The highest BCUT2D eigenvalue weighted by atomic mass is 79.9. The zero-order valence-electron chi connectivity index (χ0n) is 10.5. The maximum absolute atomic E-state index is 6.21. The van der Waals surface area contributed by atoms with Crippen molar-refractivity contribution in [2.24, 2.45) is 5.73 Å². The first-order chi connectivity index (χ1) is 9.19. The molecule has 0 aliphatic heterocycles. The third-order valence-corrected chi connectivity index (χ3v) is 3.68. The zero-order chi connectivity index (χ0) is 13.4. The van der Waals surface area contributed by atoms with Gasteiger partial charge in [0.1, 0.15) is 5.75 Å². The summed E-state index contributed by atoms with van der Waals surface area (Å²) < 4.78 is 11.5. The zero-order valence-corrected chi connectivity index (χ0v) is 12.1. The van der Waals surface area contributed by atoms with E-state index >= 15 is 0 Å². The molecule has 1 aromatic heterocycles. The number of hydrogen-bond acceptors (Lipinski definition) is 5. The highest BCUT2D eigenvalue weighted by Gasteiger charge is 2.31. The second kappa shape index (κ2) is 4.94. The fraction of sp³-hybridized carbons (Fsp3) is 0.385. The monoisotopic (exact) mass is 323 g/mol. The largest absolute Gasteiger partial charge is 0.496 e. The Morgan fingerprint density at radius 1 is 1.47 bits per heavy atom. The lowest BCUT2D eigenvalue weighted by Crippen LogP contribution is -2.14. The third-order valence-electron chi connectivity index (χ3n) is 3.19. The van der Waals surface area contributed by atoms with Gasteiger partial charge in [0.15, 0.2) is 5.82 Å². The van der Waals surface area contributed by atoms with Crippen LogP contribution in [-0.2, 0) is 0 Å². The van der Waals surface area contributed by atoms with Gasteiger partial charge in [0.2, 0.25) is 5.89 Å². The van der Waals surface area contributed by atoms with E-state index in [9.17, 15) is 0 Å². The standard InChI is InChI=1S/C13H14BrN3O2/c1-18-10-5-4-8(14)6-9(10)11(15)12-16-13(19-17-12)7-2-3-7/h4-7,11H,2-3,15H2,1H3. The number of halogens is 1. The molecule has 3 rings (SSSR count). The first-order valence-electron chi connectivity index (χ1n) is 6.11. The Kier molecular flexibility index (Phi) is 3.28. The average molecular weight is 324 g/mol. The Morgan fingerprint density at radius 3 is 2.95 bits per heavy atom. The van der Waals surface area contributed by atoms with Crippen molar-refractivity contribution in [3.05, 3.63) is 40.0 Å². The summed E-state index contributed by atoms with van der Waals surface area (Å²) in [4.78, 5) is 4.38. The molecule has 5 nitrogen and oxygen atoms in total. The first-order valence-corrected chi connectivity index (χ1v) is 6.91. The van der Waals surface area contributed by atoms with Crippen LogP contribution >= 0.6 is 15.9 Å². The van der Waals surface area contributed by atoms with E-state index in [-0.39, 0.29) is 0 Å². The summed E-state index contributed by atoms with van der Waals surface area (Å²) in [5.74, 6) is 2.34. The minimum Gasteiger partial charge on any atom is -0.496 e. The lowest BCUT2D eigenvalue weighted by atomic mass is 10.1. The van der Waals surface area contributed by atoms with E-state index in [1.807, 2.05) is 18.2 Å². The Labute approximate surface area is 119 Å². The van der Waals surface area contributed by atoms with Crippen molar-refractivity contribution < 1.29 is 9.26 Å². The second-order valence-electron chi connectivity index (χ2n) is 4.63. The molecule has 0 bridgehead atoms. The van der Waals surface area contributed by atoms with Crippen molar-refractivity contribution in [1.82, 2.24) is 10.1 Å². The van der Waals surface area contributed by atoms with Gasteiger partial charge < -0.3 is 15.0 Å². The van der Waals surface area contributed by atoms with Crippen LogP contribution in [0.2, 0.25) is 0 Å². The van der Waals surface area contributed by atoms with Crippen LogP contribution in [0, 0.1) is 0 Å². The third kappa shape index (κ3) is 2.50. The minimum absolute atomic E-state index is 0.429. The van der Waals surface area contributed by atoms with Crippen molar-refractivity contribution in [3.8, 4) is 5.75 Å². The maximum atomic E-state index is 6.21. The lowest BCUT2D eigenvalue weighted by molar-refractivity contribution is 0.371. The van der Waals surface area contributed by atoms with Crippen molar-refractivity contribution >= 4 is 15.9 Å². The quantitative estimate of drug-likeness (QED) is 0.936. The van der Waals surface area contributed by atoms with E-state index in [0.717, 1.165) is 22.9 Å². The first kappa shape index (κ1) is 12.6. The smallest absolute Gasteiger partial charge is 0.229 e. The van der Waals surface area contributed by atoms with Crippen LogP contribution in [-0.4, -0.2) is 17.3 Å². The fourth-order valence-electron chi connectivity index (χ4n) is 1.96. The number of hydrogen-bond donors (Lipinski definition) is 1. The molecular weight excluding hydrogens is 310 g/mol. The Morgan fingerprint density at radius 2 is 2.26 bits per heavy atom. The van der Waals surface area contributed by atoms with Crippen molar-refractivity contribution in [2.75, 3.05) is 7.11 Å². The minimum atomic E-state index is -0.455. The van der Waals surface area contributed by atoms with Crippen LogP contribution < -0.4 is 10.5 Å². The molecule has 19 heavy (non-hydrogen) atoms. The number of aromatic nitrogens is 2. The molecule has 1 unspecified atom stereocenters. The van der Waals surface area contributed by atoms with Crippen LogP contribution in [0.3, 0.4) is 0 Å². The van der Waals surface area contributed by atoms with Gasteiger partial charge >= 0.3 is 0 Å². The summed E-state index contributed by atoms with van der Waals surface area (Å²) in [6, 6.07) is 5.22. The summed E-state index contributed by atoms with van der Waals surface area (Å²) in [6.45, 7) is 0. The molecule has 1 aliphatic carbocycles. The summed E-state index contributed by atoms with van der Waals surface area (Å²) in [5, 5.41) is 3.98. The molecular formula is C13H14BrN3O2. The molecule has 1 atom stereocenters. The van der Waals surface area contributed by atoms with E-state index < -0.39 is 6.04 Å². The molecule has 100 valence electrons. The van der Waals surface area contributed by atoms with Gasteiger partial charge in [0.25, 0.3) is 0 Å². The molecule has 6 heteroatoms. The van der Waals surface area contributed by atoms with Gasteiger partial charge in [-0.1, -0.05) is 21.1 Å². The SMILES string of the molecule is COc1ccc(Br)cc1C(N)c1noc(C2CC2)n1. The number of benzene rings is 1. The molecule has 2 N–H and O–H groups in total. The number of methoxy groups -OCH3 is 1. The predicted molar refractivity (Wildman–Crippen MR) is 73.0 cm³/mol. The summed E-state index contributed by atoms with van der Waals surface area (Å²) >= 11 is 3.43. The summed E-state index contributed by atoms with van der Waals surface area (Å²) in [7, 11) is 1.62. The number of nitrogens with zero attached hydrogens (tertiary/aromatic N) is 2. The van der Waals surface area contributed by atoms with Crippen LogP contribution in [0.5, 0.6) is 5.75 Å². The van der Waals surface area contributed by atoms with Gasteiger partial charge in [-0.2, -0.15) is 4.98 Å². The molecule has 0 amide bonds. The van der Waals surface area contributed by atoms with E-state index in [0.29, 0.717) is 23.4 Å². The van der Waals surface area contributed by atoms with Crippen molar-refractivity contribution in [2.45, 2.75) is 24.8 Å². The molecule has 0 saturated heterocycles.